The van der Waals surface area contributed by atoms with Crippen LogP contribution in [-0.2, 0) is 0 Å². The molecule has 0 aliphatic heterocycles. The van der Waals surface area contributed by atoms with Crippen molar-refractivity contribution in [3.8, 4) is 0 Å². The zero-order valence-corrected chi connectivity index (χ0v) is 14.4. The van der Waals surface area contributed by atoms with E-state index in [1.54, 1.807) is 0 Å². The van der Waals surface area contributed by atoms with Crippen LogP contribution in [-0.4, -0.2) is 29.0 Å². The van der Waals surface area contributed by atoms with Crippen LogP contribution in [0.3, 0.4) is 0 Å². The molecule has 2 N–H and O–H groups in total. The first-order chi connectivity index (χ1) is 10.1. The predicted molar refractivity (Wildman–Crippen MR) is 92.1 cm³/mol. The summed E-state index contributed by atoms with van der Waals surface area (Å²) in [5.41, 5.74) is 2.64. The van der Waals surface area contributed by atoms with E-state index in [2.05, 4.69) is 44.3 Å². The summed E-state index contributed by atoms with van der Waals surface area (Å²) in [6, 6.07) is 7.31. The Morgan fingerprint density at radius 1 is 1.33 bits per heavy atom. The van der Waals surface area contributed by atoms with Crippen LogP contribution in [0.2, 0.25) is 0 Å². The van der Waals surface area contributed by atoms with E-state index in [9.17, 15) is 5.11 Å². The Hall–Kier alpha value is -0.510. The highest BCUT2D eigenvalue weighted by Gasteiger charge is 2.33. The number of aliphatic hydroxyl groups is 1. The lowest BCUT2D eigenvalue weighted by molar-refractivity contribution is 0.144. The molecule has 0 spiro atoms. The van der Waals surface area contributed by atoms with E-state index in [0.29, 0.717) is 6.04 Å². The largest absolute Gasteiger partial charge is 0.394 e. The van der Waals surface area contributed by atoms with Crippen LogP contribution >= 0.6 is 11.8 Å². The zero-order chi connectivity index (χ0) is 15.3. The van der Waals surface area contributed by atoms with Crippen molar-refractivity contribution in [2.75, 3.05) is 12.4 Å². The summed E-state index contributed by atoms with van der Waals surface area (Å²) in [5, 5.41) is 13.4. The Balaban J connectivity index is 1.80. The maximum absolute atomic E-state index is 9.78. The van der Waals surface area contributed by atoms with Crippen LogP contribution < -0.4 is 5.32 Å². The second-order valence-electron chi connectivity index (χ2n) is 6.43. The number of nitrogens with one attached hydrogen (secondary N) is 1. The third-order valence-electron chi connectivity index (χ3n) is 4.47. The Morgan fingerprint density at radius 2 is 2.10 bits per heavy atom. The molecule has 0 bridgehead atoms. The maximum atomic E-state index is 9.78. The van der Waals surface area contributed by atoms with Gasteiger partial charge in [0, 0.05) is 16.5 Å². The van der Waals surface area contributed by atoms with E-state index in [1.165, 1.54) is 28.9 Å². The summed E-state index contributed by atoms with van der Waals surface area (Å²) in [5.74, 6) is 1.12. The molecule has 1 saturated carbocycles. The molecular weight excluding hydrogens is 278 g/mol. The summed E-state index contributed by atoms with van der Waals surface area (Å²) < 4.78 is 0. The molecule has 1 aliphatic rings. The number of aliphatic hydroxyl groups excluding tert-OH is 1. The van der Waals surface area contributed by atoms with E-state index < -0.39 is 0 Å². The van der Waals surface area contributed by atoms with Crippen LogP contribution in [0.15, 0.2) is 23.1 Å². The monoisotopic (exact) mass is 307 g/mol. The minimum atomic E-state index is -0.0522. The van der Waals surface area contributed by atoms with Gasteiger partial charge in [0.2, 0.25) is 0 Å². The maximum Gasteiger partial charge on any atom is 0.0613 e. The topological polar surface area (TPSA) is 32.3 Å². The van der Waals surface area contributed by atoms with Crippen LogP contribution in [0.25, 0.3) is 0 Å². The van der Waals surface area contributed by atoms with Crippen molar-refractivity contribution in [2.24, 2.45) is 0 Å². The summed E-state index contributed by atoms with van der Waals surface area (Å²) in [4.78, 5) is 1.40. The normalized spacial score (nSPS) is 17.7. The first kappa shape index (κ1) is 16.9. The molecule has 1 atom stereocenters. The zero-order valence-electron chi connectivity index (χ0n) is 13.6. The fourth-order valence-electron chi connectivity index (χ4n) is 2.70. The summed E-state index contributed by atoms with van der Waals surface area (Å²) in [7, 11) is 0. The molecule has 118 valence electrons. The fraction of sp³-hybridized carbons (Fsp3) is 0.667. The van der Waals surface area contributed by atoms with Gasteiger partial charge in [-0.25, -0.2) is 0 Å². The summed E-state index contributed by atoms with van der Waals surface area (Å²) >= 11 is 1.95. The van der Waals surface area contributed by atoms with Crippen LogP contribution in [0.1, 0.15) is 50.2 Å². The molecule has 1 aromatic rings. The lowest BCUT2D eigenvalue weighted by Gasteiger charge is -2.32. The molecule has 1 aliphatic carbocycles. The van der Waals surface area contributed by atoms with Crippen LogP contribution in [0.4, 0.5) is 0 Å². The van der Waals surface area contributed by atoms with E-state index in [0.717, 1.165) is 25.0 Å². The Bertz CT molecular complexity index is 453. The number of benzene rings is 1. The van der Waals surface area contributed by atoms with Gasteiger partial charge in [-0.05, 0) is 63.3 Å². The molecule has 1 fully saturated rings. The Morgan fingerprint density at radius 3 is 2.71 bits per heavy atom. The van der Waals surface area contributed by atoms with E-state index in [4.69, 9.17) is 0 Å². The predicted octanol–water partition coefficient (Wildman–Crippen LogP) is 4.07. The van der Waals surface area contributed by atoms with E-state index in [1.807, 2.05) is 11.8 Å². The van der Waals surface area contributed by atoms with E-state index >= 15 is 0 Å². The summed E-state index contributed by atoms with van der Waals surface area (Å²) in [6.07, 6.45) is 5.77. The number of hydrogen-bond acceptors (Lipinski definition) is 3. The number of aryl methyl sites for hydroxylation is 2. The van der Waals surface area contributed by atoms with Crippen LogP contribution in [0.5, 0.6) is 0 Å². The van der Waals surface area contributed by atoms with Gasteiger partial charge in [-0.2, -0.15) is 0 Å². The van der Waals surface area contributed by atoms with Crippen LogP contribution in [0, 0.1) is 13.8 Å². The van der Waals surface area contributed by atoms with Gasteiger partial charge in [0.15, 0.2) is 0 Å². The van der Waals surface area contributed by atoms with Gasteiger partial charge in [-0.3, -0.25) is 0 Å². The first-order valence-corrected chi connectivity index (χ1v) is 9.16. The SMILES string of the molecule is CCC(CO)(CCCSc1cc(C)ccc1C)NC1CC1. The van der Waals surface area contributed by atoms with Crippen molar-refractivity contribution in [3.05, 3.63) is 29.3 Å². The van der Waals surface area contributed by atoms with Gasteiger partial charge in [0.1, 0.15) is 0 Å². The second kappa shape index (κ2) is 7.66. The molecule has 3 heteroatoms. The fourth-order valence-corrected chi connectivity index (χ4v) is 3.78. The van der Waals surface area contributed by atoms with Gasteiger partial charge < -0.3 is 10.4 Å². The Kier molecular flexibility index (Phi) is 6.15. The number of hydrogen-bond donors (Lipinski definition) is 2. The molecule has 0 aromatic heterocycles. The van der Waals surface area contributed by atoms with Crippen molar-refractivity contribution in [3.63, 3.8) is 0 Å². The minimum Gasteiger partial charge on any atom is -0.394 e. The standard InChI is InChI=1S/C18H29NOS/c1-4-18(13-20,19-16-8-9-16)10-5-11-21-17-12-14(2)6-7-15(17)3/h6-7,12,16,19-20H,4-5,8-11,13H2,1-3H3. The van der Waals surface area contributed by atoms with Crippen molar-refractivity contribution < 1.29 is 5.11 Å². The van der Waals surface area contributed by atoms with Gasteiger partial charge in [0.25, 0.3) is 0 Å². The van der Waals surface area contributed by atoms with Gasteiger partial charge in [-0.15, -0.1) is 11.8 Å². The molecular formula is C18H29NOS. The van der Waals surface area contributed by atoms with E-state index in [-0.39, 0.29) is 12.1 Å². The van der Waals surface area contributed by atoms with Gasteiger partial charge in [0.05, 0.1) is 6.61 Å². The first-order valence-electron chi connectivity index (χ1n) is 8.17. The van der Waals surface area contributed by atoms with Crippen molar-refractivity contribution in [2.45, 2.75) is 69.4 Å². The average Bonchev–Trinajstić information content (AvgIpc) is 3.29. The highest BCUT2D eigenvalue weighted by molar-refractivity contribution is 7.99. The third kappa shape index (κ3) is 5.01. The average molecular weight is 308 g/mol. The highest BCUT2D eigenvalue weighted by Crippen LogP contribution is 2.29. The second-order valence-corrected chi connectivity index (χ2v) is 7.57. The molecule has 1 aromatic carbocycles. The molecule has 0 radical (unpaired) electrons. The smallest absolute Gasteiger partial charge is 0.0613 e. The number of thioether (sulfide) groups is 1. The lowest BCUT2D eigenvalue weighted by Crippen LogP contribution is -2.49. The van der Waals surface area contributed by atoms with Crippen molar-refractivity contribution >= 4 is 11.8 Å². The van der Waals surface area contributed by atoms with Gasteiger partial charge >= 0.3 is 0 Å². The lowest BCUT2D eigenvalue weighted by atomic mass is 9.91. The molecule has 21 heavy (non-hydrogen) atoms. The molecule has 2 rings (SSSR count). The molecule has 0 saturated heterocycles. The summed E-state index contributed by atoms with van der Waals surface area (Å²) in [6.45, 7) is 6.77. The molecule has 1 unspecified atom stereocenters. The van der Waals surface area contributed by atoms with Crippen molar-refractivity contribution in [1.82, 2.24) is 5.32 Å². The quantitative estimate of drug-likeness (QED) is 0.533. The molecule has 0 amide bonds. The highest BCUT2D eigenvalue weighted by atomic mass is 32.2. The molecule has 2 nitrogen and oxygen atoms in total. The minimum absolute atomic E-state index is 0.0522. The van der Waals surface area contributed by atoms with Gasteiger partial charge in [-0.1, -0.05) is 24.6 Å². The number of rotatable bonds is 9. The van der Waals surface area contributed by atoms with Crippen molar-refractivity contribution in [1.29, 1.82) is 0 Å². The third-order valence-corrected chi connectivity index (χ3v) is 5.71. The Labute approximate surface area is 133 Å². The molecule has 0 heterocycles.